The zero-order valence-corrected chi connectivity index (χ0v) is 12.4. The van der Waals surface area contributed by atoms with E-state index in [-0.39, 0.29) is 18.1 Å². The largest absolute Gasteiger partial charge is 0.458 e. The highest BCUT2D eigenvalue weighted by Crippen LogP contribution is 2.25. The summed E-state index contributed by atoms with van der Waals surface area (Å²) in [7, 11) is 0. The van der Waals surface area contributed by atoms with Gasteiger partial charge in [0.25, 0.3) is 0 Å². The van der Waals surface area contributed by atoms with Gasteiger partial charge in [0.1, 0.15) is 12.7 Å². The van der Waals surface area contributed by atoms with Crippen LogP contribution < -0.4 is 0 Å². The third-order valence-corrected chi connectivity index (χ3v) is 3.55. The number of ether oxygens (including phenoxy) is 2. The Morgan fingerprint density at radius 1 is 1.29 bits per heavy atom. The van der Waals surface area contributed by atoms with Crippen molar-refractivity contribution in [2.45, 2.75) is 51.2 Å². The predicted octanol–water partition coefficient (Wildman–Crippen LogP) is 0.951. The molecule has 0 heterocycles. The van der Waals surface area contributed by atoms with Gasteiger partial charge in [-0.3, -0.25) is 4.79 Å². The predicted molar refractivity (Wildman–Crippen MR) is 75.3 cm³/mol. The van der Waals surface area contributed by atoms with Crippen LogP contribution in [0.1, 0.15) is 39.0 Å². The van der Waals surface area contributed by atoms with Crippen LogP contribution in [-0.2, 0) is 19.1 Å². The maximum absolute atomic E-state index is 12.0. The molecule has 0 radical (unpaired) electrons. The second-order valence-corrected chi connectivity index (χ2v) is 5.44. The number of carbonyl (C=O) groups is 2. The van der Waals surface area contributed by atoms with Crippen molar-refractivity contribution in [1.82, 2.24) is 0 Å². The van der Waals surface area contributed by atoms with E-state index < -0.39 is 30.8 Å². The Labute approximate surface area is 124 Å². The van der Waals surface area contributed by atoms with Gasteiger partial charge in [-0.1, -0.05) is 25.8 Å². The molecule has 1 aliphatic carbocycles. The first-order chi connectivity index (χ1) is 9.95. The lowest BCUT2D eigenvalue weighted by Crippen LogP contribution is -2.40. The number of esters is 2. The van der Waals surface area contributed by atoms with Crippen LogP contribution >= 0.6 is 0 Å². The average molecular weight is 300 g/mol. The standard InChI is InChI=1S/C15H24O6/c1-10(2)14(18)20-9-13(12(17)8-16)21-15(19)11-6-4-3-5-7-11/h11-13,16-17H,1,3-9H2,2H3. The summed E-state index contributed by atoms with van der Waals surface area (Å²) in [6, 6.07) is 0. The van der Waals surface area contributed by atoms with Crippen molar-refractivity contribution in [2.75, 3.05) is 13.2 Å². The van der Waals surface area contributed by atoms with E-state index in [0.717, 1.165) is 32.1 Å². The van der Waals surface area contributed by atoms with Gasteiger partial charge in [0.15, 0.2) is 6.10 Å². The van der Waals surface area contributed by atoms with Crippen molar-refractivity contribution in [2.24, 2.45) is 5.92 Å². The van der Waals surface area contributed by atoms with Gasteiger partial charge in [-0.05, 0) is 19.8 Å². The molecule has 2 unspecified atom stereocenters. The summed E-state index contributed by atoms with van der Waals surface area (Å²) in [4.78, 5) is 23.4. The Hall–Kier alpha value is -1.40. The van der Waals surface area contributed by atoms with Crippen LogP contribution in [0.4, 0.5) is 0 Å². The molecule has 0 aromatic carbocycles. The van der Waals surface area contributed by atoms with E-state index in [1.54, 1.807) is 0 Å². The van der Waals surface area contributed by atoms with Crippen LogP contribution in [0.15, 0.2) is 12.2 Å². The number of aliphatic hydroxyl groups excluding tert-OH is 2. The molecule has 1 fully saturated rings. The minimum Gasteiger partial charge on any atom is -0.458 e. The summed E-state index contributed by atoms with van der Waals surface area (Å²) in [6.45, 7) is 4.06. The van der Waals surface area contributed by atoms with E-state index in [4.69, 9.17) is 14.6 Å². The molecule has 0 spiro atoms. The molecule has 1 saturated carbocycles. The molecule has 1 aliphatic rings. The van der Waals surface area contributed by atoms with Gasteiger partial charge in [0.2, 0.25) is 0 Å². The second-order valence-electron chi connectivity index (χ2n) is 5.44. The van der Waals surface area contributed by atoms with Crippen molar-refractivity contribution < 1.29 is 29.3 Å². The molecule has 1 rings (SSSR count). The summed E-state index contributed by atoms with van der Waals surface area (Å²) in [5.74, 6) is -1.21. The second kappa shape index (κ2) is 8.79. The van der Waals surface area contributed by atoms with Gasteiger partial charge in [-0.25, -0.2) is 4.79 Å². The number of hydrogen-bond acceptors (Lipinski definition) is 6. The Morgan fingerprint density at radius 2 is 1.90 bits per heavy atom. The summed E-state index contributed by atoms with van der Waals surface area (Å²) in [5, 5.41) is 18.7. The molecular weight excluding hydrogens is 276 g/mol. The molecule has 0 amide bonds. The monoisotopic (exact) mass is 300 g/mol. The van der Waals surface area contributed by atoms with Gasteiger partial charge in [0.05, 0.1) is 12.5 Å². The summed E-state index contributed by atoms with van der Waals surface area (Å²) in [5.41, 5.74) is 0.214. The lowest BCUT2D eigenvalue weighted by atomic mass is 9.89. The first kappa shape index (κ1) is 17.7. The van der Waals surface area contributed by atoms with E-state index in [2.05, 4.69) is 6.58 Å². The van der Waals surface area contributed by atoms with Gasteiger partial charge in [-0.2, -0.15) is 0 Å². The molecule has 6 heteroatoms. The van der Waals surface area contributed by atoms with Gasteiger partial charge >= 0.3 is 11.9 Å². The summed E-state index contributed by atoms with van der Waals surface area (Å²) in [6.07, 6.45) is 2.28. The molecule has 0 aromatic rings. The van der Waals surface area contributed by atoms with Crippen LogP contribution in [0.25, 0.3) is 0 Å². The first-order valence-corrected chi connectivity index (χ1v) is 7.27. The van der Waals surface area contributed by atoms with E-state index in [0.29, 0.717) is 0 Å². The normalized spacial score (nSPS) is 18.6. The minimum absolute atomic E-state index is 0.177. The first-order valence-electron chi connectivity index (χ1n) is 7.27. The molecule has 2 N–H and O–H groups in total. The van der Waals surface area contributed by atoms with Gasteiger partial charge < -0.3 is 19.7 Å². The number of carbonyl (C=O) groups excluding carboxylic acids is 2. The zero-order valence-electron chi connectivity index (χ0n) is 12.4. The molecule has 2 atom stereocenters. The Bertz CT molecular complexity index is 372. The quantitative estimate of drug-likeness (QED) is 0.537. The van der Waals surface area contributed by atoms with Crippen molar-refractivity contribution >= 4 is 11.9 Å². The van der Waals surface area contributed by atoms with E-state index >= 15 is 0 Å². The molecule has 0 saturated heterocycles. The molecule has 0 aromatic heterocycles. The van der Waals surface area contributed by atoms with Crippen molar-refractivity contribution in [3.63, 3.8) is 0 Å². The summed E-state index contributed by atoms with van der Waals surface area (Å²) < 4.78 is 10.1. The van der Waals surface area contributed by atoms with Crippen LogP contribution in [0, 0.1) is 5.92 Å². The lowest BCUT2D eigenvalue weighted by Gasteiger charge is -2.26. The fourth-order valence-electron chi connectivity index (χ4n) is 2.21. The maximum Gasteiger partial charge on any atom is 0.333 e. The third-order valence-electron chi connectivity index (χ3n) is 3.55. The minimum atomic E-state index is -1.28. The van der Waals surface area contributed by atoms with Crippen LogP contribution in [0.5, 0.6) is 0 Å². The highest BCUT2D eigenvalue weighted by Gasteiger charge is 2.29. The average Bonchev–Trinajstić information content (AvgIpc) is 2.50. The smallest absolute Gasteiger partial charge is 0.333 e. The number of aliphatic hydroxyl groups is 2. The van der Waals surface area contributed by atoms with Gasteiger partial charge in [-0.15, -0.1) is 0 Å². The zero-order chi connectivity index (χ0) is 15.8. The number of rotatable bonds is 7. The molecule has 0 bridgehead atoms. The SMILES string of the molecule is C=C(C)C(=O)OCC(OC(=O)C1CCCCC1)C(O)CO. The summed E-state index contributed by atoms with van der Waals surface area (Å²) >= 11 is 0. The van der Waals surface area contributed by atoms with Gasteiger partial charge in [0, 0.05) is 5.57 Å². The Kier molecular flexibility index (Phi) is 7.39. The maximum atomic E-state index is 12.0. The highest BCUT2D eigenvalue weighted by molar-refractivity contribution is 5.86. The Balaban J connectivity index is 2.54. The number of hydrogen-bond donors (Lipinski definition) is 2. The van der Waals surface area contributed by atoms with Crippen molar-refractivity contribution in [3.05, 3.63) is 12.2 Å². The van der Waals surface area contributed by atoms with Crippen LogP contribution in [0.3, 0.4) is 0 Å². The molecular formula is C15H24O6. The molecule has 0 aliphatic heterocycles. The lowest BCUT2D eigenvalue weighted by molar-refractivity contribution is -0.171. The van der Waals surface area contributed by atoms with Crippen molar-refractivity contribution in [3.8, 4) is 0 Å². The van der Waals surface area contributed by atoms with Crippen LogP contribution in [0.2, 0.25) is 0 Å². The molecule has 6 nitrogen and oxygen atoms in total. The fraction of sp³-hybridized carbons (Fsp3) is 0.733. The van der Waals surface area contributed by atoms with Crippen LogP contribution in [-0.4, -0.2) is 47.6 Å². The third kappa shape index (κ3) is 5.85. The van der Waals surface area contributed by atoms with E-state index in [1.807, 2.05) is 0 Å². The molecule has 120 valence electrons. The Morgan fingerprint density at radius 3 is 2.43 bits per heavy atom. The molecule has 21 heavy (non-hydrogen) atoms. The topological polar surface area (TPSA) is 93.1 Å². The fourth-order valence-corrected chi connectivity index (χ4v) is 2.21. The van der Waals surface area contributed by atoms with E-state index in [1.165, 1.54) is 6.92 Å². The highest BCUT2D eigenvalue weighted by atomic mass is 16.6. The van der Waals surface area contributed by atoms with Crippen molar-refractivity contribution in [1.29, 1.82) is 0 Å². The van der Waals surface area contributed by atoms with E-state index in [9.17, 15) is 14.7 Å².